The van der Waals surface area contributed by atoms with E-state index in [9.17, 15) is 13.2 Å². The van der Waals surface area contributed by atoms with Gasteiger partial charge in [0.2, 0.25) is 0 Å². The maximum absolute atomic E-state index is 12.1. The summed E-state index contributed by atoms with van der Waals surface area (Å²) in [6.07, 6.45) is -2.54. The van der Waals surface area contributed by atoms with Gasteiger partial charge < -0.3 is 4.74 Å². The molecule has 2 nitrogen and oxygen atoms in total. The van der Waals surface area contributed by atoms with Gasteiger partial charge in [-0.1, -0.05) is 18.2 Å². The van der Waals surface area contributed by atoms with Crippen LogP contribution < -0.4 is 4.74 Å². The molecule has 21 heavy (non-hydrogen) atoms. The largest absolute Gasteiger partial charge is 0.484 e. The molecule has 112 valence electrons. The van der Waals surface area contributed by atoms with Gasteiger partial charge in [-0.05, 0) is 36.2 Å². The number of rotatable bonds is 5. The first-order valence-electron chi connectivity index (χ1n) is 6.26. The van der Waals surface area contributed by atoms with Crippen molar-refractivity contribution in [2.24, 2.45) is 0 Å². The van der Waals surface area contributed by atoms with Crippen LogP contribution in [-0.4, -0.2) is 17.8 Å². The molecule has 0 bridgehead atoms. The molecule has 0 radical (unpaired) electrons. The third kappa shape index (κ3) is 5.67. The zero-order chi connectivity index (χ0) is 15.3. The minimum Gasteiger partial charge on any atom is -0.484 e. The Balaban J connectivity index is 1.93. The number of hydrogen-bond donors (Lipinski definition) is 0. The van der Waals surface area contributed by atoms with Crippen molar-refractivity contribution in [3.8, 4) is 5.75 Å². The Labute approximate surface area is 125 Å². The number of benzene rings is 1. The predicted molar refractivity (Wildman–Crippen MR) is 76.5 cm³/mol. The fraction of sp³-hybridized carbons (Fsp3) is 0.267. The predicted octanol–water partition coefficient (Wildman–Crippen LogP) is 4.62. The maximum atomic E-state index is 12.1. The van der Waals surface area contributed by atoms with E-state index in [0.717, 1.165) is 16.2 Å². The minimum atomic E-state index is -4.32. The Bertz CT molecular complexity index is 584. The molecule has 0 N–H and O–H groups in total. The summed E-state index contributed by atoms with van der Waals surface area (Å²) in [7, 11) is 0. The quantitative estimate of drug-likeness (QED) is 0.752. The second kappa shape index (κ2) is 6.85. The number of hydrogen-bond acceptors (Lipinski definition) is 3. The Kier molecular flexibility index (Phi) is 5.12. The first-order chi connectivity index (χ1) is 9.92. The first-order valence-corrected chi connectivity index (χ1v) is 7.25. The van der Waals surface area contributed by atoms with Crippen molar-refractivity contribution in [3.05, 3.63) is 53.7 Å². The average molecular weight is 313 g/mol. The highest BCUT2D eigenvalue weighted by atomic mass is 32.2. The molecule has 1 heterocycles. The van der Waals surface area contributed by atoms with Crippen LogP contribution in [0.2, 0.25) is 0 Å². The van der Waals surface area contributed by atoms with E-state index in [1.165, 1.54) is 17.8 Å². The molecule has 0 saturated heterocycles. The SMILES string of the molecule is Cc1ccc(SCc2cccc(OCC(F)(F)F)c2)nc1. The van der Waals surface area contributed by atoms with Gasteiger partial charge in [0.05, 0.1) is 5.03 Å². The van der Waals surface area contributed by atoms with E-state index in [0.29, 0.717) is 5.75 Å². The van der Waals surface area contributed by atoms with Crippen LogP contribution >= 0.6 is 11.8 Å². The van der Waals surface area contributed by atoms with Crippen molar-refractivity contribution in [1.29, 1.82) is 0 Å². The molecule has 1 aromatic heterocycles. The molecule has 0 aliphatic carbocycles. The Morgan fingerprint density at radius 2 is 2.00 bits per heavy atom. The minimum absolute atomic E-state index is 0.224. The number of aromatic nitrogens is 1. The summed E-state index contributed by atoms with van der Waals surface area (Å²) in [6.45, 7) is 0.687. The lowest BCUT2D eigenvalue weighted by molar-refractivity contribution is -0.153. The second-order valence-corrected chi connectivity index (χ2v) is 5.51. The molecule has 2 aromatic rings. The van der Waals surface area contributed by atoms with Crippen molar-refractivity contribution >= 4 is 11.8 Å². The van der Waals surface area contributed by atoms with E-state index in [-0.39, 0.29) is 5.75 Å². The Morgan fingerprint density at radius 1 is 1.19 bits per heavy atom. The summed E-state index contributed by atoms with van der Waals surface area (Å²) in [6, 6.07) is 10.6. The number of nitrogens with zero attached hydrogens (tertiary/aromatic N) is 1. The molecule has 0 amide bonds. The van der Waals surface area contributed by atoms with E-state index in [1.54, 1.807) is 18.3 Å². The van der Waals surface area contributed by atoms with Crippen molar-refractivity contribution in [1.82, 2.24) is 4.98 Å². The topological polar surface area (TPSA) is 22.1 Å². The molecule has 0 spiro atoms. The van der Waals surface area contributed by atoms with Crippen molar-refractivity contribution < 1.29 is 17.9 Å². The highest BCUT2D eigenvalue weighted by Crippen LogP contribution is 2.24. The summed E-state index contributed by atoms with van der Waals surface area (Å²) in [5, 5.41) is 0.877. The van der Waals surface area contributed by atoms with Crippen molar-refractivity contribution in [3.63, 3.8) is 0 Å². The molecule has 0 atom stereocenters. The van der Waals surface area contributed by atoms with Crippen LogP contribution in [-0.2, 0) is 5.75 Å². The van der Waals surface area contributed by atoms with Crippen molar-refractivity contribution in [2.45, 2.75) is 23.9 Å². The molecular formula is C15H14F3NOS. The molecule has 0 fully saturated rings. The van der Waals surface area contributed by atoms with E-state index < -0.39 is 12.8 Å². The van der Waals surface area contributed by atoms with Gasteiger partial charge in [0, 0.05) is 11.9 Å². The highest BCUT2D eigenvalue weighted by molar-refractivity contribution is 7.98. The third-order valence-corrected chi connectivity index (χ3v) is 3.59. The van der Waals surface area contributed by atoms with Gasteiger partial charge in [-0.2, -0.15) is 13.2 Å². The first kappa shape index (κ1) is 15.7. The highest BCUT2D eigenvalue weighted by Gasteiger charge is 2.28. The number of pyridine rings is 1. The van der Waals surface area contributed by atoms with Gasteiger partial charge in [0.25, 0.3) is 0 Å². The number of alkyl halides is 3. The van der Waals surface area contributed by atoms with Gasteiger partial charge in [0.1, 0.15) is 5.75 Å². The zero-order valence-corrected chi connectivity index (χ0v) is 12.2. The summed E-state index contributed by atoms with van der Waals surface area (Å²) in [5.74, 6) is 0.849. The fourth-order valence-electron chi connectivity index (χ4n) is 1.59. The molecule has 0 unspecified atom stereocenters. The fourth-order valence-corrected chi connectivity index (χ4v) is 2.37. The summed E-state index contributed by atoms with van der Waals surface area (Å²) in [5.41, 5.74) is 1.98. The summed E-state index contributed by atoms with van der Waals surface area (Å²) >= 11 is 1.53. The molecule has 6 heteroatoms. The average Bonchev–Trinajstić information content (AvgIpc) is 2.44. The summed E-state index contributed by atoms with van der Waals surface area (Å²) < 4.78 is 41.0. The van der Waals surface area contributed by atoms with Crippen LogP contribution in [0.5, 0.6) is 5.75 Å². The zero-order valence-electron chi connectivity index (χ0n) is 11.4. The van der Waals surface area contributed by atoms with Gasteiger partial charge in [-0.3, -0.25) is 0 Å². The smallest absolute Gasteiger partial charge is 0.422 e. The van der Waals surface area contributed by atoms with Gasteiger partial charge >= 0.3 is 6.18 Å². The number of thioether (sulfide) groups is 1. The van der Waals surface area contributed by atoms with Gasteiger partial charge in [-0.15, -0.1) is 11.8 Å². The number of halogens is 3. The van der Waals surface area contributed by atoms with E-state index in [4.69, 9.17) is 4.74 Å². The Morgan fingerprint density at radius 3 is 2.67 bits per heavy atom. The van der Waals surface area contributed by atoms with E-state index >= 15 is 0 Å². The second-order valence-electron chi connectivity index (χ2n) is 4.51. The van der Waals surface area contributed by atoms with Crippen LogP contribution in [0.1, 0.15) is 11.1 Å². The number of aryl methyl sites for hydroxylation is 1. The molecule has 0 aliphatic rings. The lowest BCUT2D eigenvalue weighted by Gasteiger charge is -2.10. The van der Waals surface area contributed by atoms with E-state index in [2.05, 4.69) is 4.98 Å². The molecular weight excluding hydrogens is 299 g/mol. The van der Waals surface area contributed by atoms with Crippen LogP contribution in [0.25, 0.3) is 0 Å². The van der Waals surface area contributed by atoms with E-state index in [1.807, 2.05) is 25.1 Å². The normalized spacial score (nSPS) is 11.4. The lowest BCUT2D eigenvalue weighted by Crippen LogP contribution is -2.19. The van der Waals surface area contributed by atoms with Crippen molar-refractivity contribution in [2.75, 3.05) is 6.61 Å². The van der Waals surface area contributed by atoms with Crippen LogP contribution in [0.3, 0.4) is 0 Å². The maximum Gasteiger partial charge on any atom is 0.422 e. The Hall–Kier alpha value is -1.69. The molecule has 0 saturated carbocycles. The third-order valence-electron chi connectivity index (χ3n) is 2.57. The standard InChI is InChI=1S/C15H14F3NOS/c1-11-5-6-14(19-8-11)21-9-12-3-2-4-13(7-12)20-10-15(16,17)18/h2-8H,9-10H2,1H3. The number of ether oxygens (including phenoxy) is 1. The van der Waals surface area contributed by atoms with Crippen LogP contribution in [0.15, 0.2) is 47.6 Å². The lowest BCUT2D eigenvalue weighted by atomic mass is 10.2. The summed E-state index contributed by atoms with van der Waals surface area (Å²) in [4.78, 5) is 4.27. The van der Waals surface area contributed by atoms with Gasteiger partial charge in [-0.25, -0.2) is 4.98 Å². The monoisotopic (exact) mass is 313 g/mol. The van der Waals surface area contributed by atoms with Gasteiger partial charge in [0.15, 0.2) is 6.61 Å². The molecule has 0 aliphatic heterocycles. The van der Waals surface area contributed by atoms with Crippen LogP contribution in [0, 0.1) is 6.92 Å². The van der Waals surface area contributed by atoms with Crippen LogP contribution in [0.4, 0.5) is 13.2 Å². The molecule has 2 rings (SSSR count). The molecule has 1 aromatic carbocycles.